The molecule has 1 unspecified atom stereocenters. The van der Waals surface area contributed by atoms with E-state index in [1.165, 1.54) is 18.4 Å². The molecule has 4 rings (SSSR count). The molecule has 0 spiro atoms. The van der Waals surface area contributed by atoms with Crippen LogP contribution < -0.4 is 10.0 Å². The molecule has 0 bridgehead atoms. The number of aliphatic hydroxyl groups excluding tert-OH is 1. The molecule has 32 heavy (non-hydrogen) atoms. The largest absolute Gasteiger partial charge is 0.389 e. The molecule has 0 saturated heterocycles. The summed E-state index contributed by atoms with van der Waals surface area (Å²) in [6.07, 6.45) is 6.31. The monoisotopic (exact) mass is 458 g/mol. The highest BCUT2D eigenvalue weighted by molar-refractivity contribution is 7.87. The first kappa shape index (κ1) is 22.7. The first-order chi connectivity index (χ1) is 15.2. The molecule has 0 amide bonds. The lowest BCUT2D eigenvalue weighted by Crippen LogP contribution is -2.44. The minimum atomic E-state index is -3.41. The lowest BCUT2D eigenvalue weighted by Gasteiger charge is -2.30. The van der Waals surface area contributed by atoms with Gasteiger partial charge in [-0.2, -0.15) is 22.4 Å². The summed E-state index contributed by atoms with van der Waals surface area (Å²) in [5.74, 6) is 1.29. The lowest BCUT2D eigenvalue weighted by atomic mass is 9.92. The van der Waals surface area contributed by atoms with Crippen molar-refractivity contribution >= 4 is 27.1 Å². The molecule has 3 N–H and O–H groups in total. The molecule has 1 saturated carbocycles. The number of aliphatic hydroxyl groups is 1. The van der Waals surface area contributed by atoms with Gasteiger partial charge in [-0.25, -0.2) is 4.98 Å². The maximum absolute atomic E-state index is 12.0. The van der Waals surface area contributed by atoms with Crippen LogP contribution in [0.1, 0.15) is 44.3 Å². The van der Waals surface area contributed by atoms with E-state index in [0.29, 0.717) is 5.95 Å². The van der Waals surface area contributed by atoms with E-state index in [4.69, 9.17) is 4.98 Å². The van der Waals surface area contributed by atoms with Gasteiger partial charge < -0.3 is 15.0 Å². The molecule has 0 aliphatic heterocycles. The van der Waals surface area contributed by atoms with E-state index in [0.717, 1.165) is 48.0 Å². The fraction of sp³-hybridized carbons (Fsp3) is 0.455. The second-order valence-electron chi connectivity index (χ2n) is 8.48. The van der Waals surface area contributed by atoms with E-state index in [1.54, 1.807) is 13.1 Å². The molecule has 172 valence electrons. The van der Waals surface area contributed by atoms with Crippen LogP contribution in [0.5, 0.6) is 0 Å². The Morgan fingerprint density at radius 3 is 2.53 bits per heavy atom. The molecule has 0 radical (unpaired) electrons. The number of fused-ring (bicyclic) bond motifs is 1. The third-order valence-electron chi connectivity index (χ3n) is 5.96. The van der Waals surface area contributed by atoms with Crippen molar-refractivity contribution in [3.05, 3.63) is 48.3 Å². The third-order valence-corrected chi connectivity index (χ3v) is 7.55. The molecule has 3 aromatic rings. The number of nitrogens with zero attached hydrogens (tertiary/aromatic N) is 4. The van der Waals surface area contributed by atoms with Crippen molar-refractivity contribution in [1.29, 1.82) is 0 Å². The van der Waals surface area contributed by atoms with Gasteiger partial charge in [-0.05, 0) is 56.4 Å². The predicted octanol–water partition coefficient (Wildman–Crippen LogP) is 2.59. The second-order valence-corrected chi connectivity index (χ2v) is 10.4. The van der Waals surface area contributed by atoms with Crippen molar-refractivity contribution < 1.29 is 13.5 Å². The summed E-state index contributed by atoms with van der Waals surface area (Å²) in [5.41, 5.74) is 1.86. The molecule has 2 heterocycles. The number of aromatic nitrogens is 3. The Labute approximate surface area is 188 Å². The zero-order chi connectivity index (χ0) is 22.9. The van der Waals surface area contributed by atoms with E-state index in [-0.39, 0.29) is 12.1 Å². The predicted molar refractivity (Wildman–Crippen MR) is 125 cm³/mol. The lowest BCUT2D eigenvalue weighted by molar-refractivity contribution is 0.201. The van der Waals surface area contributed by atoms with Crippen LogP contribution in [0.2, 0.25) is 0 Å². The maximum Gasteiger partial charge on any atom is 0.279 e. The molecule has 2 aromatic heterocycles. The minimum Gasteiger partial charge on any atom is -0.389 e. The van der Waals surface area contributed by atoms with Crippen molar-refractivity contribution in [2.24, 2.45) is 0 Å². The summed E-state index contributed by atoms with van der Waals surface area (Å²) >= 11 is 0. The summed E-state index contributed by atoms with van der Waals surface area (Å²) in [7, 11) is -0.358. The highest BCUT2D eigenvalue weighted by atomic mass is 32.2. The molecule has 1 aliphatic carbocycles. The van der Waals surface area contributed by atoms with Crippen LogP contribution in [-0.4, -0.2) is 58.5 Å². The first-order valence-electron chi connectivity index (χ1n) is 10.8. The Balaban J connectivity index is 1.45. The number of benzene rings is 1. The highest BCUT2D eigenvalue weighted by Crippen LogP contribution is 2.27. The average Bonchev–Trinajstić information content (AvgIpc) is 3.19. The van der Waals surface area contributed by atoms with Crippen LogP contribution in [0.4, 0.5) is 5.95 Å². The van der Waals surface area contributed by atoms with Crippen LogP contribution >= 0.6 is 0 Å². The molecule has 9 nitrogen and oxygen atoms in total. The SMILES string of the molecule is CC(O)c1cccc2c1ccn2-c1ccnc(N[C@H]2CC[C@H](NS(=O)(=O)N(C)C)CC2)n1. The van der Waals surface area contributed by atoms with Crippen LogP contribution in [0.25, 0.3) is 16.7 Å². The van der Waals surface area contributed by atoms with Crippen LogP contribution in [0.15, 0.2) is 42.7 Å². The van der Waals surface area contributed by atoms with Gasteiger partial charge >= 0.3 is 0 Å². The Morgan fingerprint density at radius 1 is 1.12 bits per heavy atom. The van der Waals surface area contributed by atoms with Crippen molar-refractivity contribution in [2.45, 2.75) is 50.8 Å². The van der Waals surface area contributed by atoms with Crippen molar-refractivity contribution in [3.63, 3.8) is 0 Å². The van der Waals surface area contributed by atoms with Gasteiger partial charge in [-0.15, -0.1) is 0 Å². The molecule has 1 atom stereocenters. The van der Waals surface area contributed by atoms with Gasteiger partial charge in [0.15, 0.2) is 0 Å². The smallest absolute Gasteiger partial charge is 0.279 e. The topological polar surface area (TPSA) is 112 Å². The summed E-state index contributed by atoms with van der Waals surface area (Å²) in [5, 5.41) is 14.4. The van der Waals surface area contributed by atoms with Gasteiger partial charge in [0.1, 0.15) is 5.82 Å². The average molecular weight is 459 g/mol. The Bertz CT molecular complexity index is 1180. The number of hydrogen-bond donors (Lipinski definition) is 3. The van der Waals surface area contributed by atoms with E-state index < -0.39 is 16.3 Å². The number of nitrogens with one attached hydrogen (secondary N) is 2. The Hall–Kier alpha value is -2.53. The number of rotatable bonds is 7. The summed E-state index contributed by atoms with van der Waals surface area (Å²) in [4.78, 5) is 9.07. The van der Waals surface area contributed by atoms with Crippen molar-refractivity contribution in [2.75, 3.05) is 19.4 Å². The van der Waals surface area contributed by atoms with E-state index >= 15 is 0 Å². The Morgan fingerprint density at radius 2 is 1.84 bits per heavy atom. The van der Waals surface area contributed by atoms with Gasteiger partial charge in [0.25, 0.3) is 10.2 Å². The van der Waals surface area contributed by atoms with Gasteiger partial charge in [0.2, 0.25) is 5.95 Å². The first-order valence-corrected chi connectivity index (χ1v) is 12.3. The minimum absolute atomic E-state index is 0.0537. The maximum atomic E-state index is 12.0. The van der Waals surface area contributed by atoms with Gasteiger partial charge in [-0.3, -0.25) is 0 Å². The van der Waals surface area contributed by atoms with Crippen LogP contribution in [0, 0.1) is 0 Å². The molecular weight excluding hydrogens is 428 g/mol. The normalized spacial score (nSPS) is 20.5. The van der Waals surface area contributed by atoms with Crippen LogP contribution in [-0.2, 0) is 10.2 Å². The van der Waals surface area contributed by atoms with Crippen molar-refractivity contribution in [1.82, 2.24) is 23.6 Å². The highest BCUT2D eigenvalue weighted by Gasteiger charge is 2.26. The standard InChI is InChI=1S/C22H30N6O3S/c1-15(29)18-5-4-6-20-19(18)12-14-28(20)21-11-13-23-22(25-21)24-16-7-9-17(10-8-16)26-32(30,31)27(2)3/h4-6,11-17,26,29H,7-10H2,1-3H3,(H,23,24,25)/t15?,16-,17-. The fourth-order valence-corrected chi connectivity index (χ4v) is 5.03. The van der Waals surface area contributed by atoms with E-state index in [1.807, 2.05) is 41.1 Å². The molecule has 1 fully saturated rings. The summed E-state index contributed by atoms with van der Waals surface area (Å²) < 4.78 is 30.0. The van der Waals surface area contributed by atoms with Crippen molar-refractivity contribution in [3.8, 4) is 5.82 Å². The summed E-state index contributed by atoms with van der Waals surface area (Å²) in [6, 6.07) is 9.85. The number of anilines is 1. The van der Waals surface area contributed by atoms with Gasteiger partial charge in [0.05, 0.1) is 11.6 Å². The Kier molecular flexibility index (Phi) is 6.47. The molecule has 10 heteroatoms. The molecule has 1 aliphatic rings. The van der Waals surface area contributed by atoms with Crippen LogP contribution in [0.3, 0.4) is 0 Å². The quantitative estimate of drug-likeness (QED) is 0.502. The second kappa shape index (κ2) is 9.14. The third kappa shape index (κ3) is 4.78. The van der Waals surface area contributed by atoms with E-state index in [9.17, 15) is 13.5 Å². The number of hydrogen-bond acceptors (Lipinski definition) is 6. The zero-order valence-corrected chi connectivity index (χ0v) is 19.4. The van der Waals surface area contributed by atoms with E-state index in [2.05, 4.69) is 15.0 Å². The van der Waals surface area contributed by atoms with Gasteiger partial charge in [-0.1, -0.05) is 12.1 Å². The van der Waals surface area contributed by atoms with Gasteiger partial charge in [0, 0.05) is 44.0 Å². The fourth-order valence-electron chi connectivity index (χ4n) is 4.16. The summed E-state index contributed by atoms with van der Waals surface area (Å²) in [6.45, 7) is 1.76. The zero-order valence-electron chi connectivity index (χ0n) is 18.6. The molecule has 1 aromatic carbocycles. The molecular formula is C22H30N6O3S.